The minimum Gasteiger partial charge on any atom is -0.317 e. The van der Waals surface area contributed by atoms with Crippen LogP contribution in [0.5, 0.6) is 0 Å². The van der Waals surface area contributed by atoms with Crippen molar-refractivity contribution in [3.63, 3.8) is 0 Å². The lowest BCUT2D eigenvalue weighted by Gasteiger charge is -2.29. The van der Waals surface area contributed by atoms with Crippen LogP contribution < -0.4 is 5.32 Å². The molecule has 0 aromatic heterocycles. The lowest BCUT2D eigenvalue weighted by Crippen LogP contribution is -2.32. The molecule has 1 rings (SSSR count). The van der Waals surface area contributed by atoms with Crippen molar-refractivity contribution < 1.29 is 19.2 Å². The van der Waals surface area contributed by atoms with Crippen molar-refractivity contribution in [3.05, 3.63) is 0 Å². The first-order valence-electron chi connectivity index (χ1n) is 9.00. The first-order chi connectivity index (χ1) is 9.21. The van der Waals surface area contributed by atoms with Gasteiger partial charge in [-0.15, -0.1) is 0 Å². The molecule has 1 saturated heterocycles. The summed E-state index contributed by atoms with van der Waals surface area (Å²) in [4.78, 5) is 0. The smallest absolute Gasteiger partial charge is 0.0428 e. The quantitative estimate of drug-likeness (QED) is 0.518. The van der Waals surface area contributed by atoms with Crippen molar-refractivity contribution in [2.75, 3.05) is 13.0 Å². The number of nitrogens with one attached hydrogen (secondary N) is 1. The Morgan fingerprint density at radius 1 is 1.50 bits per heavy atom. The SMILES string of the molecule is [2H]C([2H])([2H])C1(C([2H])([2H])[2H])C([2H])([2H])C([2H])([2H])NC([2H])([2H])C1([2H])[2H]. The Bertz CT molecular complexity index is 413. The fourth-order valence-corrected chi connectivity index (χ4v) is 0.312. The third-order valence-electron chi connectivity index (χ3n) is 0.625. The Labute approximate surface area is 71.1 Å². The molecule has 0 radical (unpaired) electrons. The molecule has 0 saturated carbocycles. The fraction of sp³-hybridized carbons (Fsp3) is 1.00. The summed E-state index contributed by atoms with van der Waals surface area (Å²) >= 11 is 0. The predicted molar refractivity (Wildman–Crippen MR) is 35.9 cm³/mol. The van der Waals surface area contributed by atoms with Gasteiger partial charge in [-0.3, -0.25) is 0 Å². The zero-order valence-corrected chi connectivity index (χ0v) is 4.00. The van der Waals surface area contributed by atoms with Crippen LogP contribution in [0.25, 0.3) is 0 Å². The van der Waals surface area contributed by atoms with E-state index in [1.807, 2.05) is 0 Å². The summed E-state index contributed by atoms with van der Waals surface area (Å²) in [5, 5.41) is 1.43. The number of hydrogen-bond acceptors (Lipinski definition) is 1. The van der Waals surface area contributed by atoms with Crippen molar-refractivity contribution in [3.8, 4) is 0 Å². The third-order valence-corrected chi connectivity index (χ3v) is 0.625. The Balaban J connectivity index is 4.04. The fourth-order valence-electron chi connectivity index (χ4n) is 0.312. The lowest BCUT2D eigenvalue weighted by atomic mass is 9.83. The molecular weight excluding hydrogens is 98.1 g/mol. The Morgan fingerprint density at radius 2 is 2.12 bits per heavy atom. The Hall–Kier alpha value is -0.0400. The van der Waals surface area contributed by atoms with Gasteiger partial charge in [-0.05, 0) is 31.2 Å². The van der Waals surface area contributed by atoms with Crippen LogP contribution in [0, 0.1) is 5.41 Å². The van der Waals surface area contributed by atoms with Crippen LogP contribution in [0.4, 0.5) is 0 Å². The molecule has 0 aromatic carbocycles. The summed E-state index contributed by atoms with van der Waals surface area (Å²) in [6.07, 6.45) is -7.54. The average Bonchev–Trinajstić information content (AvgIpc) is 2.06. The third kappa shape index (κ3) is 1.48. The van der Waals surface area contributed by atoms with Crippen molar-refractivity contribution in [1.29, 1.82) is 0 Å². The summed E-state index contributed by atoms with van der Waals surface area (Å²) in [6.45, 7) is -14.6. The van der Waals surface area contributed by atoms with Crippen molar-refractivity contribution >= 4 is 0 Å². The largest absolute Gasteiger partial charge is 0.317 e. The molecule has 0 atom stereocenters. The van der Waals surface area contributed by atoms with Crippen LogP contribution in [-0.2, 0) is 0 Å². The highest BCUT2D eigenvalue weighted by Gasteiger charge is 2.19. The van der Waals surface area contributed by atoms with E-state index in [9.17, 15) is 0 Å². The molecular formula is C7H15N. The second-order valence-electron chi connectivity index (χ2n) is 1.38. The van der Waals surface area contributed by atoms with E-state index in [1.54, 1.807) is 0 Å². The Morgan fingerprint density at radius 3 is 2.62 bits per heavy atom. The van der Waals surface area contributed by atoms with Crippen molar-refractivity contribution in [2.45, 2.75) is 26.4 Å². The first kappa shape index (κ1) is 0.800. The summed E-state index contributed by atoms with van der Waals surface area (Å²) in [5.74, 6) is 0. The molecule has 1 heterocycles. The van der Waals surface area contributed by atoms with Crippen LogP contribution in [0.3, 0.4) is 0 Å². The van der Waals surface area contributed by atoms with Crippen LogP contribution in [0.1, 0.15) is 45.6 Å². The van der Waals surface area contributed by atoms with Gasteiger partial charge in [0.1, 0.15) is 0 Å². The zero-order chi connectivity index (χ0) is 18.2. The molecule has 0 amide bonds. The van der Waals surface area contributed by atoms with E-state index in [-0.39, 0.29) is 0 Å². The first-order valence-corrected chi connectivity index (χ1v) is 2.00. The van der Waals surface area contributed by atoms with Gasteiger partial charge >= 0.3 is 0 Å². The second-order valence-corrected chi connectivity index (χ2v) is 1.38. The van der Waals surface area contributed by atoms with Gasteiger partial charge in [0.25, 0.3) is 0 Å². The van der Waals surface area contributed by atoms with E-state index < -0.39 is 44.9 Å². The Kier molecular flexibility index (Phi) is 0.206. The monoisotopic (exact) mass is 127 g/mol. The van der Waals surface area contributed by atoms with Crippen LogP contribution in [0.15, 0.2) is 0 Å². The maximum absolute atomic E-state index is 7.78. The summed E-state index contributed by atoms with van der Waals surface area (Å²) in [5.41, 5.74) is -3.93. The zero-order valence-electron chi connectivity index (χ0n) is 18.0. The van der Waals surface area contributed by atoms with Crippen molar-refractivity contribution in [2.24, 2.45) is 5.41 Å². The summed E-state index contributed by atoms with van der Waals surface area (Å²) in [7, 11) is 0. The highest BCUT2D eigenvalue weighted by Crippen LogP contribution is 2.25. The van der Waals surface area contributed by atoms with Gasteiger partial charge in [0, 0.05) is 19.2 Å². The van der Waals surface area contributed by atoms with Crippen LogP contribution in [0.2, 0.25) is 0 Å². The standard InChI is InChI=1S/C7H15N/c1-7(2)3-5-8-6-4-7/h8H,3-6H2,1-2H3/i1D3,2D3,3D2,4D2,5D2,6D2. The van der Waals surface area contributed by atoms with Gasteiger partial charge in [0.05, 0.1) is 0 Å². The molecule has 0 unspecified atom stereocenters. The van der Waals surface area contributed by atoms with Gasteiger partial charge in [-0.2, -0.15) is 0 Å². The molecule has 48 valence electrons. The summed E-state index contributed by atoms with van der Waals surface area (Å²) in [6, 6.07) is 0. The van der Waals surface area contributed by atoms with Crippen molar-refractivity contribution in [1.82, 2.24) is 5.32 Å². The number of hydrogen-bond donors (Lipinski definition) is 1. The predicted octanol–water partition coefficient (Wildman–Crippen LogP) is 1.40. The molecule has 1 aliphatic heterocycles. The molecule has 1 aliphatic rings. The molecule has 1 nitrogen and oxygen atoms in total. The lowest BCUT2D eigenvalue weighted by molar-refractivity contribution is 0.259. The molecule has 8 heavy (non-hydrogen) atoms. The van der Waals surface area contributed by atoms with Gasteiger partial charge in [-0.1, -0.05) is 13.7 Å². The normalized spacial score (nSPS) is 82.0. The molecule has 0 spiro atoms. The minimum absolute atomic E-state index is 1.43. The number of piperidine rings is 1. The summed E-state index contributed by atoms with van der Waals surface area (Å²) < 4.78 is 106. The molecule has 1 N–H and O–H groups in total. The van der Waals surface area contributed by atoms with E-state index in [4.69, 9.17) is 19.2 Å². The number of rotatable bonds is 0. The maximum Gasteiger partial charge on any atom is 0.0428 e. The van der Waals surface area contributed by atoms with E-state index in [2.05, 4.69) is 0 Å². The maximum atomic E-state index is 7.78. The average molecular weight is 127 g/mol. The topological polar surface area (TPSA) is 12.0 Å². The molecule has 1 heteroatoms. The highest BCUT2D eigenvalue weighted by molar-refractivity contribution is 4.75. The van der Waals surface area contributed by atoms with Gasteiger partial charge < -0.3 is 5.32 Å². The van der Waals surface area contributed by atoms with E-state index in [0.717, 1.165) is 0 Å². The van der Waals surface area contributed by atoms with E-state index in [1.165, 1.54) is 5.32 Å². The molecule has 0 aliphatic carbocycles. The van der Waals surface area contributed by atoms with Gasteiger partial charge in [-0.25, -0.2) is 0 Å². The highest BCUT2D eigenvalue weighted by atomic mass is 14.9. The van der Waals surface area contributed by atoms with Crippen LogP contribution in [-0.4, -0.2) is 13.0 Å². The second kappa shape index (κ2) is 2.06. The van der Waals surface area contributed by atoms with Gasteiger partial charge in [0.2, 0.25) is 0 Å². The van der Waals surface area contributed by atoms with E-state index >= 15 is 0 Å². The molecule has 0 aromatic rings. The molecule has 0 bridgehead atoms. The minimum atomic E-state index is -3.93. The van der Waals surface area contributed by atoms with Crippen LogP contribution >= 0.6 is 0 Å². The van der Waals surface area contributed by atoms with E-state index in [0.29, 0.717) is 0 Å². The molecule has 1 fully saturated rings. The van der Waals surface area contributed by atoms with Gasteiger partial charge in [0.15, 0.2) is 0 Å².